The minimum Gasteiger partial charge on any atom is -0.475 e. The number of carboxylic acids is 2. The lowest BCUT2D eigenvalue weighted by atomic mass is 10.2. The van der Waals surface area contributed by atoms with Crippen LogP contribution in [0.3, 0.4) is 0 Å². The van der Waals surface area contributed by atoms with E-state index in [1.807, 2.05) is 24.5 Å². The van der Waals surface area contributed by atoms with Gasteiger partial charge in [-0.25, -0.2) is 14.6 Å². The van der Waals surface area contributed by atoms with Crippen molar-refractivity contribution in [2.45, 2.75) is 57.8 Å². The number of rotatable bonds is 5. The molecule has 1 aliphatic heterocycles. The number of pyridine rings is 1. The first-order valence-corrected chi connectivity index (χ1v) is 11.2. The Morgan fingerprint density at radius 1 is 1.00 bits per heavy atom. The van der Waals surface area contributed by atoms with Crippen molar-refractivity contribution in [3.63, 3.8) is 0 Å². The number of aliphatic carboxylic acids is 2. The van der Waals surface area contributed by atoms with Crippen LogP contribution in [0.1, 0.15) is 43.0 Å². The molecule has 1 amide bonds. The van der Waals surface area contributed by atoms with E-state index in [-0.39, 0.29) is 17.9 Å². The number of alkyl halides is 6. The quantitative estimate of drug-likeness (QED) is 0.481. The Labute approximate surface area is 212 Å². The van der Waals surface area contributed by atoms with Gasteiger partial charge < -0.3 is 20.1 Å². The molecular formula is C22H25F6N5O5. The van der Waals surface area contributed by atoms with E-state index < -0.39 is 24.3 Å². The SMILES string of the molecule is CC1c2ncc(CNC(=O)C3CC3)n2CCN1Cc1ccccn1.O=C(O)C(F)(F)F.O=C(O)C(F)(F)F. The number of halogens is 6. The van der Waals surface area contributed by atoms with Crippen LogP contribution in [0.25, 0.3) is 0 Å². The number of imidazole rings is 1. The summed E-state index contributed by atoms with van der Waals surface area (Å²) in [6.07, 6.45) is -4.35. The van der Waals surface area contributed by atoms with Crippen LogP contribution in [-0.4, -0.2) is 66.4 Å². The van der Waals surface area contributed by atoms with Crippen molar-refractivity contribution < 1.29 is 50.9 Å². The number of carbonyl (C=O) groups is 3. The second kappa shape index (κ2) is 12.7. The number of amides is 1. The van der Waals surface area contributed by atoms with Crippen molar-refractivity contribution in [2.75, 3.05) is 6.54 Å². The first kappa shape index (κ1) is 30.5. The fourth-order valence-electron chi connectivity index (χ4n) is 3.33. The molecule has 0 radical (unpaired) electrons. The summed E-state index contributed by atoms with van der Waals surface area (Å²) < 4.78 is 65.7. The summed E-state index contributed by atoms with van der Waals surface area (Å²) in [6.45, 7) is 5.47. The highest BCUT2D eigenvalue weighted by Crippen LogP contribution is 2.29. The largest absolute Gasteiger partial charge is 0.490 e. The van der Waals surface area contributed by atoms with Crippen LogP contribution in [0.5, 0.6) is 0 Å². The maximum atomic E-state index is 11.8. The predicted octanol–water partition coefficient (Wildman–Crippen LogP) is 3.15. The molecule has 1 saturated carbocycles. The van der Waals surface area contributed by atoms with E-state index in [9.17, 15) is 31.1 Å². The first-order chi connectivity index (χ1) is 17.6. The topological polar surface area (TPSA) is 138 Å². The van der Waals surface area contributed by atoms with E-state index in [2.05, 4.69) is 37.7 Å². The van der Waals surface area contributed by atoms with Crippen LogP contribution in [0.15, 0.2) is 30.6 Å². The van der Waals surface area contributed by atoms with Gasteiger partial charge in [0, 0.05) is 31.7 Å². The van der Waals surface area contributed by atoms with E-state index >= 15 is 0 Å². The van der Waals surface area contributed by atoms with E-state index in [1.165, 1.54) is 0 Å². The number of carboxylic acid groups (broad SMARTS) is 2. The summed E-state index contributed by atoms with van der Waals surface area (Å²) in [7, 11) is 0. The van der Waals surface area contributed by atoms with E-state index in [4.69, 9.17) is 19.8 Å². The second-order valence-corrected chi connectivity index (χ2v) is 8.32. The number of hydrogen-bond donors (Lipinski definition) is 3. The van der Waals surface area contributed by atoms with Gasteiger partial charge in [0.1, 0.15) is 5.82 Å². The standard InChI is InChI=1S/C18H23N5O.2C2HF3O2/c1-13-17-20-10-16(11-21-18(24)14-5-6-14)23(17)9-8-22(13)12-15-4-2-3-7-19-15;2*3-2(4,5)1(6)7/h2-4,7,10,13-14H,5-6,8-9,11-12H2,1H3,(H,21,24);2*(H,6,7). The van der Waals surface area contributed by atoms with Crippen molar-refractivity contribution >= 4 is 17.8 Å². The summed E-state index contributed by atoms with van der Waals surface area (Å²) in [5, 5.41) is 17.3. The smallest absolute Gasteiger partial charge is 0.475 e. The summed E-state index contributed by atoms with van der Waals surface area (Å²) in [5.41, 5.74) is 2.18. The van der Waals surface area contributed by atoms with Gasteiger partial charge in [-0.3, -0.25) is 14.7 Å². The Kier molecular flexibility index (Phi) is 10.2. The third-order valence-corrected chi connectivity index (χ3v) is 5.47. The minimum atomic E-state index is -5.08. The average molecular weight is 553 g/mol. The Morgan fingerprint density at radius 3 is 2.05 bits per heavy atom. The molecule has 3 N–H and O–H groups in total. The van der Waals surface area contributed by atoms with Gasteiger partial charge in [-0.05, 0) is 31.9 Å². The predicted molar refractivity (Wildman–Crippen MR) is 117 cm³/mol. The number of aromatic nitrogens is 3. The lowest BCUT2D eigenvalue weighted by molar-refractivity contribution is -0.193. The van der Waals surface area contributed by atoms with E-state index in [0.29, 0.717) is 6.54 Å². The molecule has 10 nitrogen and oxygen atoms in total. The molecule has 16 heteroatoms. The van der Waals surface area contributed by atoms with E-state index in [0.717, 1.165) is 49.7 Å². The second-order valence-electron chi connectivity index (χ2n) is 8.32. The Hall–Kier alpha value is -3.69. The number of nitrogens with zero attached hydrogens (tertiary/aromatic N) is 4. The molecule has 1 unspecified atom stereocenters. The number of hydrogen-bond acceptors (Lipinski definition) is 6. The molecular weight excluding hydrogens is 528 g/mol. The van der Waals surface area contributed by atoms with Crippen LogP contribution in [-0.2, 0) is 34.0 Å². The lowest BCUT2D eigenvalue weighted by Crippen LogP contribution is -2.37. The third-order valence-electron chi connectivity index (χ3n) is 5.47. The van der Waals surface area contributed by atoms with Crippen LogP contribution >= 0.6 is 0 Å². The molecule has 0 saturated heterocycles. The molecule has 2 aromatic rings. The molecule has 38 heavy (non-hydrogen) atoms. The van der Waals surface area contributed by atoms with Gasteiger partial charge in [-0.2, -0.15) is 26.3 Å². The maximum absolute atomic E-state index is 11.8. The van der Waals surface area contributed by atoms with Crippen molar-refractivity contribution in [1.29, 1.82) is 0 Å². The monoisotopic (exact) mass is 553 g/mol. The van der Waals surface area contributed by atoms with Gasteiger partial charge in [-0.1, -0.05) is 6.07 Å². The number of carbonyl (C=O) groups excluding carboxylic acids is 1. The van der Waals surface area contributed by atoms with Gasteiger partial charge in [0.2, 0.25) is 5.91 Å². The molecule has 2 aliphatic rings. The zero-order valence-corrected chi connectivity index (χ0v) is 20.0. The Morgan fingerprint density at radius 2 is 1.58 bits per heavy atom. The normalized spacial score (nSPS) is 17.2. The van der Waals surface area contributed by atoms with E-state index in [1.54, 1.807) is 0 Å². The molecule has 210 valence electrons. The molecule has 0 bridgehead atoms. The summed E-state index contributed by atoms with van der Waals surface area (Å²) in [4.78, 5) is 41.1. The van der Waals surface area contributed by atoms with Crippen LogP contribution in [0.2, 0.25) is 0 Å². The highest BCUT2D eigenvalue weighted by atomic mass is 19.4. The zero-order valence-electron chi connectivity index (χ0n) is 20.0. The number of nitrogens with one attached hydrogen (secondary N) is 1. The molecule has 0 spiro atoms. The molecule has 3 heterocycles. The van der Waals surface area contributed by atoms with Gasteiger partial charge in [-0.15, -0.1) is 0 Å². The Balaban J connectivity index is 0.000000301. The molecule has 2 aromatic heterocycles. The van der Waals surface area contributed by atoms with Crippen molar-refractivity contribution in [2.24, 2.45) is 5.92 Å². The Bertz CT molecular complexity index is 1080. The third kappa shape index (κ3) is 9.32. The van der Waals surface area contributed by atoms with Gasteiger partial charge in [0.05, 0.1) is 30.2 Å². The average Bonchev–Trinajstić information content (AvgIpc) is 3.60. The van der Waals surface area contributed by atoms with Gasteiger partial charge in [0.25, 0.3) is 0 Å². The fraction of sp³-hybridized carbons (Fsp3) is 0.500. The van der Waals surface area contributed by atoms with Crippen LogP contribution in [0, 0.1) is 5.92 Å². The first-order valence-electron chi connectivity index (χ1n) is 11.2. The fourth-order valence-corrected chi connectivity index (χ4v) is 3.33. The molecule has 1 fully saturated rings. The van der Waals surface area contributed by atoms with Gasteiger partial charge >= 0.3 is 24.3 Å². The summed E-state index contributed by atoms with van der Waals surface area (Å²) in [5.74, 6) is -4.00. The molecule has 0 aromatic carbocycles. The maximum Gasteiger partial charge on any atom is 0.490 e. The van der Waals surface area contributed by atoms with Crippen molar-refractivity contribution in [1.82, 2.24) is 24.8 Å². The summed E-state index contributed by atoms with van der Waals surface area (Å²) >= 11 is 0. The van der Waals surface area contributed by atoms with Crippen molar-refractivity contribution in [3.05, 3.63) is 47.8 Å². The molecule has 1 atom stereocenters. The highest BCUT2D eigenvalue weighted by molar-refractivity contribution is 5.80. The molecule has 4 rings (SSSR count). The van der Waals surface area contributed by atoms with Gasteiger partial charge in [0.15, 0.2) is 0 Å². The summed E-state index contributed by atoms with van der Waals surface area (Å²) in [6, 6.07) is 6.28. The lowest BCUT2D eigenvalue weighted by Gasteiger charge is -2.34. The minimum absolute atomic E-state index is 0.186. The van der Waals surface area contributed by atoms with Crippen LogP contribution in [0.4, 0.5) is 26.3 Å². The highest BCUT2D eigenvalue weighted by Gasteiger charge is 2.39. The van der Waals surface area contributed by atoms with Crippen molar-refractivity contribution in [3.8, 4) is 0 Å². The molecule has 1 aliphatic carbocycles. The zero-order chi connectivity index (χ0) is 28.7. The van der Waals surface area contributed by atoms with Crippen LogP contribution < -0.4 is 5.32 Å². The number of fused-ring (bicyclic) bond motifs is 1.